The average molecular weight is 401 g/mol. The summed E-state index contributed by atoms with van der Waals surface area (Å²) >= 11 is 1.28. The molecule has 0 saturated heterocycles. The molecule has 1 N–H and O–H groups in total. The summed E-state index contributed by atoms with van der Waals surface area (Å²) in [4.78, 5) is 24.0. The summed E-state index contributed by atoms with van der Waals surface area (Å²) in [6, 6.07) is 10.4. The lowest BCUT2D eigenvalue weighted by molar-refractivity contribution is -0.385. The molecule has 9 heteroatoms. The lowest BCUT2D eigenvalue weighted by Gasteiger charge is -2.12. The molecule has 0 saturated carbocycles. The van der Waals surface area contributed by atoms with E-state index in [1.54, 1.807) is 29.3 Å². The van der Waals surface area contributed by atoms with Gasteiger partial charge in [0.2, 0.25) is 0 Å². The highest BCUT2D eigenvalue weighted by Gasteiger charge is 2.24. The molecular weight excluding hydrogens is 385 g/mol. The highest BCUT2D eigenvalue weighted by atomic mass is 32.2. The van der Waals surface area contributed by atoms with E-state index in [0.717, 1.165) is 0 Å². The topological polar surface area (TPSA) is 86.4 Å². The van der Waals surface area contributed by atoms with Gasteiger partial charge < -0.3 is 14.6 Å². The van der Waals surface area contributed by atoms with Crippen LogP contribution in [0.25, 0.3) is 5.69 Å². The molecule has 144 valence electrons. The number of thioether (sulfide) groups is 1. The maximum atomic E-state index is 14.2. The Bertz CT molecular complexity index is 1040. The van der Waals surface area contributed by atoms with Crippen LogP contribution in [-0.2, 0) is 0 Å². The number of aromatic nitrogens is 1. The number of nitro groups is 1. The zero-order valence-electron chi connectivity index (χ0n) is 15.0. The minimum Gasteiger partial charge on any atom is -0.495 e. The number of carbonyl (C=O) groups excluding carboxylic acids is 1. The number of hydrogen-bond acceptors (Lipinski definition) is 5. The van der Waals surface area contributed by atoms with Gasteiger partial charge in [-0.05, 0) is 42.7 Å². The first-order chi connectivity index (χ1) is 13.4. The minimum absolute atomic E-state index is 0.0768. The highest BCUT2D eigenvalue weighted by molar-refractivity contribution is 7.98. The Morgan fingerprint density at radius 2 is 1.96 bits per heavy atom. The zero-order chi connectivity index (χ0) is 20.3. The van der Waals surface area contributed by atoms with Crippen LogP contribution in [0.2, 0.25) is 0 Å². The van der Waals surface area contributed by atoms with Crippen LogP contribution in [0.5, 0.6) is 5.75 Å². The van der Waals surface area contributed by atoms with Crippen LogP contribution in [0.1, 0.15) is 10.4 Å². The third-order valence-corrected chi connectivity index (χ3v) is 4.80. The summed E-state index contributed by atoms with van der Waals surface area (Å²) < 4.78 is 21.1. The summed E-state index contributed by atoms with van der Waals surface area (Å²) in [5, 5.41) is 13.8. The summed E-state index contributed by atoms with van der Waals surface area (Å²) in [7, 11) is 1.39. The van der Waals surface area contributed by atoms with Crippen molar-refractivity contribution in [2.24, 2.45) is 0 Å². The van der Waals surface area contributed by atoms with Crippen molar-refractivity contribution in [3.8, 4) is 11.4 Å². The standard InChI is InChI=1S/C19H16FN3O4S/c1-27-17-11-16(23(25)26)13(10-18(17)28-2)19(24)21-15-9-12(5-6-14(15)20)22-7-3-4-8-22/h3-11H,1-2H3,(H,21,24). The predicted octanol–water partition coefficient (Wildman–Crippen LogP) is 4.51. The SMILES string of the molecule is COc1cc([N+](=O)[O-])c(C(=O)Nc2cc(-n3cccc3)ccc2F)cc1SC. The van der Waals surface area contributed by atoms with Gasteiger partial charge in [0.1, 0.15) is 17.1 Å². The molecule has 0 radical (unpaired) electrons. The van der Waals surface area contributed by atoms with Gasteiger partial charge >= 0.3 is 0 Å². The maximum absolute atomic E-state index is 14.2. The van der Waals surface area contributed by atoms with Crippen LogP contribution >= 0.6 is 11.8 Å². The van der Waals surface area contributed by atoms with Crippen molar-refractivity contribution in [1.29, 1.82) is 0 Å². The van der Waals surface area contributed by atoms with Gasteiger partial charge in [-0.15, -0.1) is 11.8 Å². The van der Waals surface area contributed by atoms with Crippen LogP contribution in [-0.4, -0.2) is 28.8 Å². The molecule has 0 fully saturated rings. The Kier molecular flexibility index (Phi) is 5.65. The third kappa shape index (κ3) is 3.84. The molecule has 2 aromatic carbocycles. The number of anilines is 1. The fraction of sp³-hybridized carbons (Fsp3) is 0.105. The molecule has 0 spiro atoms. The molecular formula is C19H16FN3O4S. The average Bonchev–Trinajstić information content (AvgIpc) is 3.23. The van der Waals surface area contributed by atoms with E-state index < -0.39 is 22.3 Å². The highest BCUT2D eigenvalue weighted by Crippen LogP contribution is 2.35. The molecule has 0 atom stereocenters. The first-order valence-corrected chi connectivity index (χ1v) is 9.31. The second-order valence-electron chi connectivity index (χ2n) is 5.69. The predicted molar refractivity (Wildman–Crippen MR) is 105 cm³/mol. The Hall–Kier alpha value is -3.33. The molecule has 1 aromatic heterocycles. The molecule has 1 amide bonds. The Balaban J connectivity index is 1.99. The number of nitro benzene ring substituents is 1. The fourth-order valence-corrected chi connectivity index (χ4v) is 3.25. The lowest BCUT2D eigenvalue weighted by atomic mass is 10.1. The summed E-state index contributed by atoms with van der Waals surface area (Å²) in [6.45, 7) is 0. The molecule has 0 bridgehead atoms. The minimum atomic E-state index is -0.784. The van der Waals surface area contributed by atoms with E-state index in [9.17, 15) is 19.3 Å². The zero-order valence-corrected chi connectivity index (χ0v) is 15.8. The first kappa shape index (κ1) is 19.4. The number of rotatable bonds is 6. The van der Waals surface area contributed by atoms with E-state index >= 15 is 0 Å². The molecule has 0 unspecified atom stereocenters. The van der Waals surface area contributed by atoms with Gasteiger partial charge in [-0.1, -0.05) is 0 Å². The quantitative estimate of drug-likeness (QED) is 0.373. The number of ether oxygens (including phenoxy) is 1. The van der Waals surface area contributed by atoms with Crippen molar-refractivity contribution in [3.05, 3.63) is 76.4 Å². The van der Waals surface area contributed by atoms with Gasteiger partial charge in [0, 0.05) is 18.1 Å². The number of amides is 1. The molecule has 0 aliphatic heterocycles. The number of nitrogens with one attached hydrogen (secondary N) is 1. The van der Waals surface area contributed by atoms with Crippen LogP contribution in [0, 0.1) is 15.9 Å². The van der Waals surface area contributed by atoms with Crippen LogP contribution < -0.4 is 10.1 Å². The number of benzene rings is 2. The van der Waals surface area contributed by atoms with Crippen molar-refractivity contribution < 1.29 is 18.8 Å². The molecule has 0 aliphatic carbocycles. The summed E-state index contributed by atoms with van der Waals surface area (Å²) in [6.07, 6.45) is 5.31. The fourth-order valence-electron chi connectivity index (χ4n) is 2.67. The van der Waals surface area contributed by atoms with E-state index in [2.05, 4.69) is 5.32 Å². The van der Waals surface area contributed by atoms with E-state index in [-0.39, 0.29) is 17.0 Å². The van der Waals surface area contributed by atoms with Gasteiger partial charge in [-0.25, -0.2) is 4.39 Å². The Morgan fingerprint density at radius 1 is 1.25 bits per heavy atom. The van der Waals surface area contributed by atoms with Gasteiger partial charge in [0.25, 0.3) is 11.6 Å². The largest absolute Gasteiger partial charge is 0.495 e. The van der Waals surface area contributed by atoms with E-state index in [1.807, 2.05) is 12.1 Å². The van der Waals surface area contributed by atoms with Gasteiger partial charge in [-0.2, -0.15) is 0 Å². The van der Waals surface area contributed by atoms with Crippen LogP contribution in [0.15, 0.2) is 59.8 Å². The van der Waals surface area contributed by atoms with Crippen LogP contribution in [0.4, 0.5) is 15.8 Å². The molecule has 28 heavy (non-hydrogen) atoms. The van der Waals surface area contributed by atoms with Crippen LogP contribution in [0.3, 0.4) is 0 Å². The van der Waals surface area contributed by atoms with Crippen molar-refractivity contribution >= 4 is 29.0 Å². The smallest absolute Gasteiger partial charge is 0.285 e. The third-order valence-electron chi connectivity index (χ3n) is 4.04. The second-order valence-corrected chi connectivity index (χ2v) is 6.54. The lowest BCUT2D eigenvalue weighted by Crippen LogP contribution is -2.15. The number of methoxy groups -OCH3 is 1. The molecule has 3 rings (SSSR count). The van der Waals surface area contributed by atoms with Gasteiger partial charge in [-0.3, -0.25) is 14.9 Å². The number of halogens is 1. The maximum Gasteiger partial charge on any atom is 0.285 e. The second kappa shape index (κ2) is 8.13. The van der Waals surface area contributed by atoms with E-state index in [0.29, 0.717) is 10.6 Å². The monoisotopic (exact) mass is 401 g/mol. The summed E-state index contributed by atoms with van der Waals surface area (Å²) in [5.74, 6) is -1.14. The molecule has 0 aliphatic rings. The number of nitrogens with zero attached hydrogens (tertiary/aromatic N) is 2. The van der Waals surface area contributed by atoms with Crippen molar-refractivity contribution in [2.75, 3.05) is 18.7 Å². The Morgan fingerprint density at radius 3 is 2.57 bits per heavy atom. The van der Waals surface area contributed by atoms with Crippen molar-refractivity contribution in [1.82, 2.24) is 4.57 Å². The number of carbonyl (C=O) groups is 1. The molecule has 1 heterocycles. The van der Waals surface area contributed by atoms with Gasteiger partial charge in [0.15, 0.2) is 0 Å². The Labute approximate surface area is 164 Å². The normalized spacial score (nSPS) is 10.5. The van der Waals surface area contributed by atoms with Crippen molar-refractivity contribution in [3.63, 3.8) is 0 Å². The van der Waals surface area contributed by atoms with E-state index in [4.69, 9.17) is 4.74 Å². The van der Waals surface area contributed by atoms with E-state index in [1.165, 1.54) is 43.1 Å². The van der Waals surface area contributed by atoms with Crippen molar-refractivity contribution in [2.45, 2.75) is 4.90 Å². The first-order valence-electron chi connectivity index (χ1n) is 8.09. The molecule has 3 aromatic rings. The molecule has 7 nitrogen and oxygen atoms in total. The van der Waals surface area contributed by atoms with Gasteiger partial charge in [0.05, 0.1) is 28.7 Å². The summed E-state index contributed by atoms with van der Waals surface area (Å²) in [5.41, 5.74) is -0.0437. The number of hydrogen-bond donors (Lipinski definition) is 1.